The zero-order chi connectivity index (χ0) is 12.8. The summed E-state index contributed by atoms with van der Waals surface area (Å²) < 4.78 is 4.61. The van der Waals surface area contributed by atoms with Crippen LogP contribution in [0.15, 0.2) is 35.0 Å². The fraction of sp³-hybridized carbons (Fsp3) is 0.231. The Morgan fingerprint density at radius 3 is 2.35 bits per heavy atom. The van der Waals surface area contributed by atoms with Crippen molar-refractivity contribution in [1.82, 2.24) is 0 Å². The van der Waals surface area contributed by atoms with Gasteiger partial charge in [0.15, 0.2) is 0 Å². The highest BCUT2D eigenvalue weighted by atomic mass is 16.5. The van der Waals surface area contributed by atoms with Gasteiger partial charge in [0, 0.05) is 0 Å². The van der Waals surface area contributed by atoms with Gasteiger partial charge in [-0.1, -0.05) is 23.4 Å². The Hall–Kier alpha value is -2.10. The first kappa shape index (κ1) is 13.0. The second-order valence-electron chi connectivity index (χ2n) is 3.63. The third-order valence-corrected chi connectivity index (χ3v) is 2.44. The number of methoxy groups -OCH3 is 1. The summed E-state index contributed by atoms with van der Waals surface area (Å²) in [7, 11) is 1.35. The van der Waals surface area contributed by atoms with Gasteiger partial charge in [0.05, 0.1) is 18.4 Å². The van der Waals surface area contributed by atoms with E-state index >= 15 is 0 Å². The lowest BCUT2D eigenvalue weighted by molar-refractivity contribution is 0.0600. The quantitative estimate of drug-likeness (QED) is 0.378. The first-order chi connectivity index (χ1) is 8.08. The molecule has 0 aromatic heterocycles. The highest BCUT2D eigenvalue weighted by Crippen LogP contribution is 2.10. The zero-order valence-electron chi connectivity index (χ0n) is 10.1. The van der Waals surface area contributed by atoms with Gasteiger partial charge in [0.1, 0.15) is 0 Å². The standard InChI is InChI=1S/C13H15NO3/c1-9(10(2)14-16)8-11-4-6-12(7-5-11)13(15)17-3/h4-8,16H,1-3H3/b9-8-,14-10+. The Labute approximate surface area is 100 Å². The molecule has 0 atom stereocenters. The Kier molecular flexibility index (Phi) is 4.46. The zero-order valence-corrected chi connectivity index (χ0v) is 10.1. The molecule has 90 valence electrons. The van der Waals surface area contributed by atoms with Crippen LogP contribution in [0, 0.1) is 0 Å². The number of hydrogen-bond acceptors (Lipinski definition) is 4. The van der Waals surface area contributed by atoms with Crippen molar-refractivity contribution < 1.29 is 14.7 Å². The van der Waals surface area contributed by atoms with Crippen LogP contribution in [0.3, 0.4) is 0 Å². The summed E-state index contributed by atoms with van der Waals surface area (Å²) in [4.78, 5) is 11.2. The van der Waals surface area contributed by atoms with E-state index in [0.717, 1.165) is 11.1 Å². The minimum atomic E-state index is -0.356. The van der Waals surface area contributed by atoms with Crippen LogP contribution < -0.4 is 0 Å². The Bertz CT molecular complexity index is 458. The van der Waals surface area contributed by atoms with Crippen molar-refractivity contribution in [2.24, 2.45) is 5.16 Å². The van der Waals surface area contributed by atoms with Crippen molar-refractivity contribution in [2.45, 2.75) is 13.8 Å². The molecule has 0 amide bonds. The number of carbonyl (C=O) groups is 1. The smallest absolute Gasteiger partial charge is 0.337 e. The van der Waals surface area contributed by atoms with E-state index < -0.39 is 0 Å². The number of hydrogen-bond donors (Lipinski definition) is 1. The highest BCUT2D eigenvalue weighted by molar-refractivity contribution is 6.01. The molecule has 4 heteroatoms. The number of allylic oxidation sites excluding steroid dienone is 1. The van der Waals surface area contributed by atoms with Gasteiger partial charge in [-0.15, -0.1) is 0 Å². The Morgan fingerprint density at radius 2 is 1.88 bits per heavy atom. The second kappa shape index (κ2) is 5.84. The molecule has 17 heavy (non-hydrogen) atoms. The molecule has 0 spiro atoms. The second-order valence-corrected chi connectivity index (χ2v) is 3.63. The molecule has 0 unspecified atom stereocenters. The summed E-state index contributed by atoms with van der Waals surface area (Å²) >= 11 is 0. The molecule has 0 radical (unpaired) electrons. The van der Waals surface area contributed by atoms with E-state index in [4.69, 9.17) is 5.21 Å². The predicted octanol–water partition coefficient (Wildman–Crippen LogP) is 2.73. The maximum Gasteiger partial charge on any atom is 0.337 e. The molecule has 0 heterocycles. The lowest BCUT2D eigenvalue weighted by Crippen LogP contribution is -2.00. The summed E-state index contributed by atoms with van der Waals surface area (Å²) in [5.41, 5.74) is 2.85. The molecule has 1 aromatic rings. The van der Waals surface area contributed by atoms with Crippen molar-refractivity contribution in [3.8, 4) is 0 Å². The molecule has 0 aliphatic rings. The molecule has 1 rings (SSSR count). The summed E-state index contributed by atoms with van der Waals surface area (Å²) in [6, 6.07) is 6.99. The number of rotatable bonds is 3. The van der Waals surface area contributed by atoms with Crippen LogP contribution in [0.2, 0.25) is 0 Å². The van der Waals surface area contributed by atoms with E-state index in [0.29, 0.717) is 11.3 Å². The third-order valence-electron chi connectivity index (χ3n) is 2.44. The summed E-state index contributed by atoms with van der Waals surface area (Å²) in [6.45, 7) is 3.57. The van der Waals surface area contributed by atoms with Crippen molar-refractivity contribution in [1.29, 1.82) is 0 Å². The van der Waals surface area contributed by atoms with E-state index in [9.17, 15) is 4.79 Å². The van der Waals surface area contributed by atoms with Gasteiger partial charge < -0.3 is 9.94 Å². The van der Waals surface area contributed by atoms with Gasteiger partial charge in [-0.25, -0.2) is 4.79 Å². The average Bonchev–Trinajstić information content (AvgIpc) is 2.37. The van der Waals surface area contributed by atoms with E-state index in [1.807, 2.05) is 13.0 Å². The molecule has 1 aromatic carbocycles. The van der Waals surface area contributed by atoms with E-state index in [1.165, 1.54) is 7.11 Å². The SMILES string of the molecule is COC(=O)c1ccc(/C=C(C)\C(C)=N\O)cc1. The van der Waals surface area contributed by atoms with Crippen LogP contribution in [0.5, 0.6) is 0 Å². The Morgan fingerprint density at radius 1 is 1.29 bits per heavy atom. The van der Waals surface area contributed by atoms with Gasteiger partial charge in [-0.05, 0) is 37.1 Å². The summed E-state index contributed by atoms with van der Waals surface area (Å²) in [5, 5.41) is 11.7. The van der Waals surface area contributed by atoms with Crippen LogP contribution in [0.4, 0.5) is 0 Å². The molecule has 4 nitrogen and oxygen atoms in total. The van der Waals surface area contributed by atoms with Crippen molar-refractivity contribution in [3.63, 3.8) is 0 Å². The fourth-order valence-electron chi connectivity index (χ4n) is 1.27. The third kappa shape index (κ3) is 3.45. The Balaban J connectivity index is 2.92. The lowest BCUT2D eigenvalue weighted by atomic mass is 10.1. The summed E-state index contributed by atoms with van der Waals surface area (Å²) in [6.07, 6.45) is 1.87. The van der Waals surface area contributed by atoms with Crippen molar-refractivity contribution >= 4 is 17.8 Å². The molecule has 0 saturated carbocycles. The van der Waals surface area contributed by atoms with Crippen LogP contribution >= 0.6 is 0 Å². The van der Waals surface area contributed by atoms with Gasteiger partial charge in [-0.2, -0.15) is 0 Å². The van der Waals surface area contributed by atoms with E-state index in [2.05, 4.69) is 9.89 Å². The van der Waals surface area contributed by atoms with Gasteiger partial charge >= 0.3 is 5.97 Å². The maximum absolute atomic E-state index is 11.2. The maximum atomic E-state index is 11.2. The van der Waals surface area contributed by atoms with Crippen LogP contribution in [0.1, 0.15) is 29.8 Å². The van der Waals surface area contributed by atoms with Gasteiger partial charge in [0.2, 0.25) is 0 Å². The summed E-state index contributed by atoms with van der Waals surface area (Å²) in [5.74, 6) is -0.356. The first-order valence-corrected chi connectivity index (χ1v) is 5.14. The molecular formula is C13H15NO3. The number of nitrogens with zero attached hydrogens (tertiary/aromatic N) is 1. The minimum Gasteiger partial charge on any atom is -0.465 e. The van der Waals surface area contributed by atoms with Crippen LogP contribution in [-0.2, 0) is 4.74 Å². The fourth-order valence-corrected chi connectivity index (χ4v) is 1.27. The normalized spacial score (nSPS) is 12.4. The number of benzene rings is 1. The van der Waals surface area contributed by atoms with Crippen molar-refractivity contribution in [3.05, 3.63) is 41.0 Å². The number of carbonyl (C=O) groups excluding carboxylic acids is 1. The largest absolute Gasteiger partial charge is 0.465 e. The van der Waals surface area contributed by atoms with E-state index in [-0.39, 0.29) is 5.97 Å². The van der Waals surface area contributed by atoms with Gasteiger partial charge in [-0.3, -0.25) is 0 Å². The number of ether oxygens (including phenoxy) is 1. The minimum absolute atomic E-state index is 0.356. The number of oxime groups is 1. The molecule has 0 saturated heterocycles. The molecule has 0 aliphatic heterocycles. The molecule has 0 fully saturated rings. The average molecular weight is 233 g/mol. The topological polar surface area (TPSA) is 58.9 Å². The lowest BCUT2D eigenvalue weighted by Gasteiger charge is -2.01. The van der Waals surface area contributed by atoms with E-state index in [1.54, 1.807) is 31.2 Å². The van der Waals surface area contributed by atoms with Gasteiger partial charge in [0.25, 0.3) is 0 Å². The molecular weight excluding hydrogens is 218 g/mol. The highest BCUT2D eigenvalue weighted by Gasteiger charge is 2.03. The molecule has 0 bridgehead atoms. The van der Waals surface area contributed by atoms with Crippen LogP contribution in [-0.4, -0.2) is 24.0 Å². The first-order valence-electron chi connectivity index (χ1n) is 5.14. The van der Waals surface area contributed by atoms with Crippen LogP contribution in [0.25, 0.3) is 6.08 Å². The molecule has 1 N–H and O–H groups in total. The monoisotopic (exact) mass is 233 g/mol. The predicted molar refractivity (Wildman–Crippen MR) is 66.3 cm³/mol. The number of esters is 1. The molecule has 0 aliphatic carbocycles. The van der Waals surface area contributed by atoms with Crippen molar-refractivity contribution in [2.75, 3.05) is 7.11 Å².